The lowest BCUT2D eigenvalue weighted by atomic mass is 9.97. The summed E-state index contributed by atoms with van der Waals surface area (Å²) in [5, 5.41) is 25.1. The highest BCUT2D eigenvalue weighted by molar-refractivity contribution is 5.69. The molecule has 2 aromatic heterocycles. The van der Waals surface area contributed by atoms with Gasteiger partial charge in [-0.3, -0.25) is 4.79 Å². The van der Waals surface area contributed by atoms with E-state index in [4.69, 9.17) is 15.2 Å². The molecule has 1 saturated heterocycles. The van der Waals surface area contributed by atoms with Crippen molar-refractivity contribution in [3.05, 3.63) is 24.2 Å². The summed E-state index contributed by atoms with van der Waals surface area (Å²) in [7, 11) is 0. The molecule has 142 valence electrons. The van der Waals surface area contributed by atoms with Gasteiger partial charge in [-0.15, -0.1) is 0 Å². The molecule has 0 amide bonds. The molecule has 4 atom stereocenters. The van der Waals surface area contributed by atoms with Crippen molar-refractivity contribution in [2.45, 2.75) is 51.1 Å². The first kappa shape index (κ1) is 18.6. The van der Waals surface area contributed by atoms with Gasteiger partial charge in [-0.05, 0) is 25.0 Å². The van der Waals surface area contributed by atoms with E-state index < -0.39 is 23.9 Å². The lowest BCUT2D eigenvalue weighted by Crippen LogP contribution is -2.44. The maximum atomic E-state index is 11.8. The Labute approximate surface area is 150 Å². The van der Waals surface area contributed by atoms with Crippen molar-refractivity contribution in [1.82, 2.24) is 14.6 Å². The van der Waals surface area contributed by atoms with Gasteiger partial charge >= 0.3 is 5.97 Å². The number of nitrogen functional groups attached to an aromatic ring is 1. The van der Waals surface area contributed by atoms with Crippen molar-refractivity contribution in [1.29, 1.82) is 0 Å². The maximum absolute atomic E-state index is 11.8. The van der Waals surface area contributed by atoms with E-state index in [1.165, 1.54) is 10.8 Å². The number of carbonyl (C=O) groups excluding carboxylic acids is 1. The molecule has 0 saturated carbocycles. The number of hydrogen-bond donors (Lipinski definition) is 3. The van der Waals surface area contributed by atoms with Gasteiger partial charge in [0.25, 0.3) is 0 Å². The highest BCUT2D eigenvalue weighted by Crippen LogP contribution is 2.40. The summed E-state index contributed by atoms with van der Waals surface area (Å²) in [6.07, 6.45) is -1.72. The minimum Gasteiger partial charge on any atom is -0.462 e. The van der Waals surface area contributed by atoms with Crippen molar-refractivity contribution >= 4 is 17.3 Å². The van der Waals surface area contributed by atoms with E-state index in [1.54, 1.807) is 19.1 Å². The van der Waals surface area contributed by atoms with Gasteiger partial charge in [0.15, 0.2) is 5.82 Å². The fraction of sp³-hybridized carbons (Fsp3) is 0.588. The number of fused-ring (bicyclic) bond motifs is 1. The van der Waals surface area contributed by atoms with Crippen LogP contribution >= 0.6 is 0 Å². The molecular formula is C17H24N4O5. The predicted molar refractivity (Wildman–Crippen MR) is 92.1 cm³/mol. The Morgan fingerprint density at radius 3 is 2.88 bits per heavy atom. The molecule has 0 unspecified atom stereocenters. The second-order valence-corrected chi connectivity index (χ2v) is 7.25. The van der Waals surface area contributed by atoms with E-state index in [-0.39, 0.29) is 24.9 Å². The number of carbonyl (C=O) groups is 1. The Bertz CT molecular complexity index is 808. The second kappa shape index (κ2) is 6.82. The molecule has 9 heteroatoms. The quantitative estimate of drug-likeness (QED) is 0.652. The van der Waals surface area contributed by atoms with Crippen LogP contribution in [-0.2, 0) is 14.3 Å². The number of aliphatic hydroxyl groups is 2. The number of aliphatic hydroxyl groups excluding tert-OH is 2. The number of esters is 1. The van der Waals surface area contributed by atoms with Gasteiger partial charge in [-0.25, -0.2) is 9.50 Å². The highest BCUT2D eigenvalue weighted by Gasteiger charge is 2.53. The Kier molecular flexibility index (Phi) is 4.87. The monoisotopic (exact) mass is 364 g/mol. The number of anilines is 1. The first-order chi connectivity index (χ1) is 12.2. The molecule has 0 bridgehead atoms. The van der Waals surface area contributed by atoms with E-state index in [9.17, 15) is 15.0 Å². The normalized spacial score (nSPS) is 28.8. The van der Waals surface area contributed by atoms with Gasteiger partial charge in [-0.2, -0.15) is 5.10 Å². The van der Waals surface area contributed by atoms with E-state index in [1.807, 2.05) is 13.8 Å². The van der Waals surface area contributed by atoms with Crippen molar-refractivity contribution < 1.29 is 24.5 Å². The summed E-state index contributed by atoms with van der Waals surface area (Å²) in [6, 6.07) is 3.42. The summed E-state index contributed by atoms with van der Waals surface area (Å²) in [4.78, 5) is 15.7. The van der Waals surface area contributed by atoms with Crippen LogP contribution in [0.25, 0.3) is 5.52 Å². The third-order valence-corrected chi connectivity index (χ3v) is 4.55. The van der Waals surface area contributed by atoms with Crippen LogP contribution in [0.1, 0.15) is 39.0 Å². The standard InChI is InChI=1S/C17H24N4O5/c1-9(2)6-12(22)25-7-17(3)15(24)13(23)14(26-17)10-4-5-11-16(18)19-8-20-21(10)11/h4-5,8-9,13-15,23-24H,6-7H2,1-3H3,(H2,18,19,20)/t13-,14-,15-,17+/m0/s1. The average molecular weight is 364 g/mol. The Morgan fingerprint density at radius 1 is 1.46 bits per heavy atom. The number of nitrogens with two attached hydrogens (primary N) is 1. The van der Waals surface area contributed by atoms with Gasteiger partial charge in [0.2, 0.25) is 0 Å². The minimum atomic E-state index is -1.24. The number of aromatic nitrogens is 3. The van der Waals surface area contributed by atoms with E-state index in [0.717, 1.165) is 0 Å². The third-order valence-electron chi connectivity index (χ3n) is 4.55. The van der Waals surface area contributed by atoms with Gasteiger partial charge in [0.05, 0.1) is 5.69 Å². The van der Waals surface area contributed by atoms with E-state index in [0.29, 0.717) is 17.0 Å². The molecule has 0 radical (unpaired) electrons. The first-order valence-corrected chi connectivity index (χ1v) is 8.50. The van der Waals surface area contributed by atoms with Crippen LogP contribution in [0, 0.1) is 5.92 Å². The molecule has 3 heterocycles. The molecule has 1 aliphatic heterocycles. The molecular weight excluding hydrogens is 340 g/mol. The van der Waals surface area contributed by atoms with Crippen LogP contribution in [0.3, 0.4) is 0 Å². The summed E-state index contributed by atoms with van der Waals surface area (Å²) >= 11 is 0. The lowest BCUT2D eigenvalue weighted by molar-refractivity contribution is -0.160. The van der Waals surface area contributed by atoms with Crippen molar-refractivity contribution in [2.24, 2.45) is 5.92 Å². The Hall–Kier alpha value is -2.23. The molecule has 9 nitrogen and oxygen atoms in total. The number of ether oxygens (including phenoxy) is 2. The number of rotatable bonds is 5. The molecule has 2 aromatic rings. The largest absolute Gasteiger partial charge is 0.462 e. The first-order valence-electron chi connectivity index (χ1n) is 8.50. The molecule has 0 aromatic carbocycles. The number of hydrogen-bond acceptors (Lipinski definition) is 8. The predicted octanol–water partition coefficient (Wildman–Crippen LogP) is 0.453. The van der Waals surface area contributed by atoms with E-state index >= 15 is 0 Å². The van der Waals surface area contributed by atoms with Crippen LogP contribution in [0.2, 0.25) is 0 Å². The lowest BCUT2D eigenvalue weighted by Gasteiger charge is -2.27. The SMILES string of the molecule is CC(C)CC(=O)OC[C@@]1(C)O[C@@H](c2ccc3c(N)ncnn23)[C@H](O)[C@@H]1O. The second-order valence-electron chi connectivity index (χ2n) is 7.25. The number of nitrogens with zero attached hydrogens (tertiary/aromatic N) is 3. The van der Waals surface area contributed by atoms with Crippen molar-refractivity contribution in [2.75, 3.05) is 12.3 Å². The van der Waals surface area contributed by atoms with Gasteiger partial charge in [0.1, 0.15) is 42.4 Å². The zero-order chi connectivity index (χ0) is 19.1. The minimum absolute atomic E-state index is 0.159. The molecule has 4 N–H and O–H groups in total. The van der Waals surface area contributed by atoms with Gasteiger partial charge < -0.3 is 25.4 Å². The Morgan fingerprint density at radius 2 is 2.19 bits per heavy atom. The fourth-order valence-electron chi connectivity index (χ4n) is 3.12. The van der Waals surface area contributed by atoms with E-state index in [2.05, 4.69) is 10.1 Å². The molecule has 1 aliphatic rings. The fourth-order valence-corrected chi connectivity index (χ4v) is 3.12. The van der Waals surface area contributed by atoms with Gasteiger partial charge in [-0.1, -0.05) is 13.8 Å². The smallest absolute Gasteiger partial charge is 0.306 e. The van der Waals surface area contributed by atoms with Gasteiger partial charge in [0, 0.05) is 6.42 Å². The molecule has 26 heavy (non-hydrogen) atoms. The zero-order valence-corrected chi connectivity index (χ0v) is 15.0. The summed E-state index contributed by atoms with van der Waals surface area (Å²) in [5.74, 6) is 0.0913. The summed E-state index contributed by atoms with van der Waals surface area (Å²) < 4.78 is 12.7. The zero-order valence-electron chi connectivity index (χ0n) is 15.0. The Balaban J connectivity index is 1.80. The third kappa shape index (κ3) is 3.25. The average Bonchev–Trinajstić information content (AvgIpc) is 3.09. The maximum Gasteiger partial charge on any atom is 0.306 e. The van der Waals surface area contributed by atoms with Crippen LogP contribution in [0.4, 0.5) is 5.82 Å². The summed E-state index contributed by atoms with van der Waals surface area (Å²) in [5.41, 5.74) is 5.68. The van der Waals surface area contributed by atoms with Crippen LogP contribution in [0.5, 0.6) is 0 Å². The van der Waals surface area contributed by atoms with Crippen LogP contribution < -0.4 is 5.73 Å². The topological polar surface area (TPSA) is 132 Å². The van der Waals surface area contributed by atoms with Crippen LogP contribution in [-0.4, -0.2) is 55.2 Å². The van der Waals surface area contributed by atoms with Crippen molar-refractivity contribution in [3.8, 4) is 0 Å². The molecule has 1 fully saturated rings. The van der Waals surface area contributed by atoms with Crippen LogP contribution in [0.15, 0.2) is 18.5 Å². The van der Waals surface area contributed by atoms with Crippen molar-refractivity contribution in [3.63, 3.8) is 0 Å². The molecule has 0 aliphatic carbocycles. The summed E-state index contributed by atoms with van der Waals surface area (Å²) in [6.45, 7) is 5.26. The highest BCUT2D eigenvalue weighted by atomic mass is 16.6. The molecule has 0 spiro atoms. The molecule has 3 rings (SSSR count).